The van der Waals surface area contributed by atoms with Crippen LogP contribution in [-0.4, -0.2) is 39.2 Å². The molecule has 1 atom stereocenters. The lowest BCUT2D eigenvalue weighted by Crippen LogP contribution is -2.50. The van der Waals surface area contributed by atoms with Crippen molar-refractivity contribution >= 4 is 11.9 Å². The van der Waals surface area contributed by atoms with Crippen LogP contribution in [0.25, 0.3) is 0 Å². The Hall–Kier alpha value is -1.89. The molecule has 1 aromatic heterocycles. The van der Waals surface area contributed by atoms with Gasteiger partial charge in [-0.05, 0) is 6.92 Å². The second kappa shape index (κ2) is 3.70. The van der Waals surface area contributed by atoms with Crippen LogP contribution in [0.1, 0.15) is 6.92 Å². The van der Waals surface area contributed by atoms with Crippen LogP contribution in [0.4, 0.5) is 0 Å². The standard InChI is InChI=1S/C8H13N7/c1-2-15-7(10)12-6(9)13-8(15)14-4-3-11-5-14/h3-5,7H,2,10H2,1H3,(H2,9,12). The van der Waals surface area contributed by atoms with Crippen molar-refractivity contribution in [2.24, 2.45) is 21.5 Å². The van der Waals surface area contributed by atoms with Crippen molar-refractivity contribution in [3.05, 3.63) is 18.7 Å². The summed E-state index contributed by atoms with van der Waals surface area (Å²) in [5.74, 6) is 0.839. The molecule has 0 amide bonds. The maximum atomic E-state index is 5.82. The topological polar surface area (TPSA) is 97.8 Å². The quantitative estimate of drug-likeness (QED) is 0.615. The molecule has 1 unspecified atom stereocenters. The molecule has 0 spiro atoms. The monoisotopic (exact) mass is 207 g/mol. The van der Waals surface area contributed by atoms with Crippen molar-refractivity contribution in [3.63, 3.8) is 0 Å². The molecule has 0 saturated heterocycles. The van der Waals surface area contributed by atoms with Crippen molar-refractivity contribution in [2.75, 3.05) is 6.54 Å². The molecule has 0 aliphatic carbocycles. The molecular weight excluding hydrogens is 194 g/mol. The van der Waals surface area contributed by atoms with Crippen LogP contribution >= 0.6 is 0 Å². The maximum absolute atomic E-state index is 5.82. The lowest BCUT2D eigenvalue weighted by Gasteiger charge is -2.30. The van der Waals surface area contributed by atoms with Gasteiger partial charge < -0.3 is 10.6 Å². The lowest BCUT2D eigenvalue weighted by atomic mass is 10.5. The fraction of sp³-hybridized carbons (Fsp3) is 0.375. The summed E-state index contributed by atoms with van der Waals surface area (Å²) in [6.07, 6.45) is 4.62. The van der Waals surface area contributed by atoms with Gasteiger partial charge in [0.1, 0.15) is 6.33 Å². The van der Waals surface area contributed by atoms with E-state index in [2.05, 4.69) is 15.0 Å². The smallest absolute Gasteiger partial charge is 0.221 e. The molecule has 7 nitrogen and oxygen atoms in total. The van der Waals surface area contributed by atoms with Gasteiger partial charge in [-0.2, -0.15) is 4.99 Å². The summed E-state index contributed by atoms with van der Waals surface area (Å²) < 4.78 is 1.75. The zero-order valence-corrected chi connectivity index (χ0v) is 8.41. The third-order valence-corrected chi connectivity index (χ3v) is 2.13. The van der Waals surface area contributed by atoms with Crippen molar-refractivity contribution in [3.8, 4) is 0 Å². The molecule has 1 aliphatic heterocycles. The van der Waals surface area contributed by atoms with Crippen molar-refractivity contribution in [2.45, 2.75) is 13.2 Å². The third-order valence-electron chi connectivity index (χ3n) is 2.13. The highest BCUT2D eigenvalue weighted by Gasteiger charge is 2.22. The minimum absolute atomic E-state index is 0.191. The number of nitrogens with zero attached hydrogens (tertiary/aromatic N) is 5. The van der Waals surface area contributed by atoms with Gasteiger partial charge in [-0.1, -0.05) is 0 Å². The normalized spacial score (nSPS) is 21.2. The maximum Gasteiger partial charge on any atom is 0.221 e. The highest BCUT2D eigenvalue weighted by Crippen LogP contribution is 2.05. The molecule has 4 N–H and O–H groups in total. The number of aliphatic imine (C=N–C) groups is 2. The van der Waals surface area contributed by atoms with E-state index in [0.29, 0.717) is 12.5 Å². The van der Waals surface area contributed by atoms with Crippen LogP contribution < -0.4 is 11.5 Å². The van der Waals surface area contributed by atoms with Crippen molar-refractivity contribution in [1.29, 1.82) is 0 Å². The highest BCUT2D eigenvalue weighted by atomic mass is 15.5. The first kappa shape index (κ1) is 9.66. The Balaban J connectivity index is 2.39. The van der Waals surface area contributed by atoms with Gasteiger partial charge >= 0.3 is 0 Å². The molecule has 80 valence electrons. The number of imidazole rings is 1. The van der Waals surface area contributed by atoms with Gasteiger partial charge in [0.05, 0.1) is 0 Å². The molecule has 7 heteroatoms. The predicted octanol–water partition coefficient (Wildman–Crippen LogP) is -1.02. The average Bonchev–Trinajstić information content (AvgIpc) is 2.69. The summed E-state index contributed by atoms with van der Waals surface area (Å²) in [4.78, 5) is 13.9. The molecule has 0 fully saturated rings. The van der Waals surface area contributed by atoms with E-state index in [1.54, 1.807) is 23.3 Å². The van der Waals surface area contributed by atoms with Crippen molar-refractivity contribution < 1.29 is 0 Å². The fourth-order valence-corrected chi connectivity index (χ4v) is 1.43. The molecule has 0 bridgehead atoms. The molecule has 1 aliphatic rings. The molecular formula is C8H13N7. The number of nitrogens with two attached hydrogens (primary N) is 2. The predicted molar refractivity (Wildman–Crippen MR) is 57.0 cm³/mol. The van der Waals surface area contributed by atoms with Crippen LogP contribution in [0.15, 0.2) is 28.7 Å². The van der Waals surface area contributed by atoms with E-state index >= 15 is 0 Å². The molecule has 0 saturated carbocycles. The minimum Gasteiger partial charge on any atom is -0.368 e. The Bertz CT molecular complexity index is 391. The second-order valence-electron chi connectivity index (χ2n) is 3.07. The van der Waals surface area contributed by atoms with E-state index in [-0.39, 0.29) is 5.96 Å². The highest BCUT2D eigenvalue weighted by molar-refractivity contribution is 5.96. The Kier molecular flexibility index (Phi) is 2.38. The Labute approximate surface area is 87.1 Å². The summed E-state index contributed by atoms with van der Waals surface area (Å²) >= 11 is 0. The van der Waals surface area contributed by atoms with Crippen molar-refractivity contribution in [1.82, 2.24) is 14.5 Å². The van der Waals surface area contributed by atoms with E-state index < -0.39 is 6.29 Å². The number of hydrogen-bond donors (Lipinski definition) is 2. The van der Waals surface area contributed by atoms with Gasteiger partial charge in [0.25, 0.3) is 0 Å². The third kappa shape index (κ3) is 1.68. The largest absolute Gasteiger partial charge is 0.368 e. The zero-order valence-electron chi connectivity index (χ0n) is 8.41. The molecule has 15 heavy (non-hydrogen) atoms. The Morgan fingerprint density at radius 2 is 2.33 bits per heavy atom. The number of hydrogen-bond acceptors (Lipinski definition) is 6. The van der Waals surface area contributed by atoms with Crippen LogP contribution in [-0.2, 0) is 0 Å². The first-order valence-electron chi connectivity index (χ1n) is 4.65. The second-order valence-corrected chi connectivity index (χ2v) is 3.07. The Morgan fingerprint density at radius 3 is 2.93 bits per heavy atom. The van der Waals surface area contributed by atoms with Gasteiger partial charge in [-0.25, -0.2) is 9.98 Å². The van der Waals surface area contributed by atoms with Gasteiger partial charge in [0, 0.05) is 18.9 Å². The average molecular weight is 207 g/mol. The fourth-order valence-electron chi connectivity index (χ4n) is 1.43. The molecule has 2 heterocycles. The van der Waals surface area contributed by atoms with Crippen LogP contribution in [0, 0.1) is 0 Å². The van der Waals surface area contributed by atoms with Gasteiger partial charge in [0.2, 0.25) is 11.9 Å². The van der Waals surface area contributed by atoms with Gasteiger partial charge in [-0.3, -0.25) is 10.3 Å². The summed E-state index contributed by atoms with van der Waals surface area (Å²) in [7, 11) is 0. The van der Waals surface area contributed by atoms with Crippen LogP contribution in [0.5, 0.6) is 0 Å². The van der Waals surface area contributed by atoms with E-state index in [4.69, 9.17) is 11.5 Å². The van der Waals surface area contributed by atoms with Gasteiger partial charge in [0.15, 0.2) is 6.29 Å². The number of aromatic nitrogens is 2. The number of rotatable bonds is 1. The molecule has 1 aromatic rings. The first-order valence-corrected chi connectivity index (χ1v) is 4.65. The summed E-state index contributed by atoms with van der Waals surface area (Å²) in [6.45, 7) is 2.68. The van der Waals surface area contributed by atoms with E-state index in [1.165, 1.54) is 0 Å². The molecule has 0 aromatic carbocycles. The van der Waals surface area contributed by atoms with Crippen LogP contribution in [0.2, 0.25) is 0 Å². The molecule has 0 radical (unpaired) electrons. The Morgan fingerprint density at radius 1 is 1.53 bits per heavy atom. The molecule has 2 rings (SSSR count). The summed E-state index contributed by atoms with van der Waals surface area (Å²) in [6, 6.07) is 0. The van der Waals surface area contributed by atoms with Gasteiger partial charge in [-0.15, -0.1) is 0 Å². The lowest BCUT2D eigenvalue weighted by molar-refractivity contribution is 0.326. The zero-order chi connectivity index (χ0) is 10.8. The SMILES string of the molecule is CCN1C(n2ccnc2)=NC(N)=NC1N. The number of guanidine groups is 1. The van der Waals surface area contributed by atoms with E-state index in [1.807, 2.05) is 11.8 Å². The first-order chi connectivity index (χ1) is 7.22. The van der Waals surface area contributed by atoms with E-state index in [9.17, 15) is 0 Å². The minimum atomic E-state index is -0.482. The summed E-state index contributed by atoms with van der Waals surface area (Å²) in [5.41, 5.74) is 11.4. The van der Waals surface area contributed by atoms with Crippen LogP contribution in [0.3, 0.4) is 0 Å². The summed E-state index contributed by atoms with van der Waals surface area (Å²) in [5, 5.41) is 0. The van der Waals surface area contributed by atoms with E-state index in [0.717, 1.165) is 0 Å².